The van der Waals surface area contributed by atoms with Crippen molar-refractivity contribution in [1.29, 1.82) is 0 Å². The van der Waals surface area contributed by atoms with Crippen molar-refractivity contribution in [1.82, 2.24) is 5.32 Å². The lowest BCUT2D eigenvalue weighted by Gasteiger charge is -2.26. The monoisotopic (exact) mass is 408 g/mol. The maximum Gasteiger partial charge on any atom is 0.264 e. The van der Waals surface area contributed by atoms with Crippen LogP contribution in [0.25, 0.3) is 0 Å². The number of carbonyl (C=O) groups excluding carboxylic acids is 1. The van der Waals surface area contributed by atoms with Crippen molar-refractivity contribution in [3.05, 3.63) is 96.1 Å². The van der Waals surface area contributed by atoms with E-state index in [9.17, 15) is 13.2 Å². The van der Waals surface area contributed by atoms with Crippen LogP contribution in [-0.2, 0) is 16.6 Å². The van der Waals surface area contributed by atoms with Gasteiger partial charge in [-0.2, -0.15) is 0 Å². The minimum atomic E-state index is -3.88. The third-order valence-corrected chi connectivity index (χ3v) is 6.23. The van der Waals surface area contributed by atoms with Gasteiger partial charge < -0.3 is 5.32 Å². The molecule has 0 atom stereocenters. The van der Waals surface area contributed by atoms with E-state index in [1.54, 1.807) is 54.6 Å². The lowest BCUT2D eigenvalue weighted by atomic mass is 10.1. The summed E-state index contributed by atoms with van der Waals surface area (Å²) in [7, 11) is -3.88. The van der Waals surface area contributed by atoms with Gasteiger partial charge in [-0.1, -0.05) is 67.6 Å². The minimum Gasteiger partial charge on any atom is -0.352 e. The molecule has 0 aliphatic rings. The molecule has 3 aromatic carbocycles. The Hall–Kier alpha value is -3.12. The second-order valence-electron chi connectivity index (χ2n) is 6.58. The largest absolute Gasteiger partial charge is 0.352 e. The summed E-state index contributed by atoms with van der Waals surface area (Å²) in [5, 5.41) is 2.84. The van der Waals surface area contributed by atoms with Crippen LogP contribution in [0.2, 0.25) is 0 Å². The highest BCUT2D eigenvalue weighted by atomic mass is 32.2. The topological polar surface area (TPSA) is 66.5 Å². The number of sulfonamides is 1. The molecule has 0 saturated heterocycles. The molecule has 6 heteroatoms. The zero-order valence-corrected chi connectivity index (χ0v) is 17.1. The molecule has 150 valence electrons. The lowest BCUT2D eigenvalue weighted by molar-refractivity contribution is 0.0954. The lowest BCUT2D eigenvalue weighted by Crippen LogP contribution is -2.33. The summed E-state index contributed by atoms with van der Waals surface area (Å²) < 4.78 is 28.3. The van der Waals surface area contributed by atoms with Gasteiger partial charge in [0.05, 0.1) is 22.7 Å². The number of nitrogens with one attached hydrogen (secondary N) is 1. The summed E-state index contributed by atoms with van der Waals surface area (Å²) in [6, 6.07) is 24.4. The van der Waals surface area contributed by atoms with Crippen LogP contribution in [0.5, 0.6) is 0 Å². The Morgan fingerprint density at radius 2 is 1.45 bits per heavy atom. The van der Waals surface area contributed by atoms with Gasteiger partial charge in [-0.05, 0) is 36.2 Å². The Labute approximate surface area is 172 Å². The highest BCUT2D eigenvalue weighted by Crippen LogP contribution is 2.29. The molecule has 1 amide bonds. The van der Waals surface area contributed by atoms with E-state index in [0.29, 0.717) is 17.8 Å². The van der Waals surface area contributed by atoms with Gasteiger partial charge in [0.1, 0.15) is 0 Å². The van der Waals surface area contributed by atoms with Crippen molar-refractivity contribution in [2.24, 2.45) is 0 Å². The smallest absolute Gasteiger partial charge is 0.264 e. The number of anilines is 1. The molecule has 0 heterocycles. The van der Waals surface area contributed by atoms with E-state index in [4.69, 9.17) is 0 Å². The average Bonchev–Trinajstić information content (AvgIpc) is 2.77. The fourth-order valence-corrected chi connectivity index (χ4v) is 4.48. The van der Waals surface area contributed by atoms with E-state index in [1.165, 1.54) is 4.31 Å². The van der Waals surface area contributed by atoms with Gasteiger partial charge in [-0.25, -0.2) is 8.42 Å². The second-order valence-corrected chi connectivity index (χ2v) is 8.45. The quantitative estimate of drug-likeness (QED) is 0.607. The van der Waals surface area contributed by atoms with Crippen LogP contribution >= 0.6 is 0 Å². The van der Waals surface area contributed by atoms with Crippen molar-refractivity contribution in [2.45, 2.75) is 24.8 Å². The van der Waals surface area contributed by atoms with E-state index in [0.717, 1.165) is 12.0 Å². The van der Waals surface area contributed by atoms with Gasteiger partial charge in [0.2, 0.25) is 0 Å². The van der Waals surface area contributed by atoms with Gasteiger partial charge in [0.25, 0.3) is 15.9 Å². The summed E-state index contributed by atoms with van der Waals surface area (Å²) in [5.41, 5.74) is 1.51. The van der Waals surface area contributed by atoms with Crippen LogP contribution in [0.15, 0.2) is 89.8 Å². The summed E-state index contributed by atoms with van der Waals surface area (Å²) in [4.78, 5) is 12.9. The molecule has 1 N–H and O–H groups in total. The standard InChI is InChI=1S/C23H24N2O3S/c1-2-17-24-23(26)21-15-9-10-16-22(21)25(18-19-11-5-3-6-12-19)29(27,28)20-13-7-4-8-14-20/h3-16H,2,17-18H2,1H3,(H,24,26). The first-order valence-corrected chi connectivity index (χ1v) is 11.0. The SMILES string of the molecule is CCCNC(=O)c1ccccc1N(Cc1ccccc1)S(=O)(=O)c1ccccc1. The summed E-state index contributed by atoms with van der Waals surface area (Å²) in [6.45, 7) is 2.61. The second kappa shape index (κ2) is 9.39. The van der Waals surface area contributed by atoms with Gasteiger partial charge in [-0.3, -0.25) is 9.10 Å². The third-order valence-electron chi connectivity index (χ3n) is 4.45. The first-order chi connectivity index (χ1) is 14.0. The zero-order valence-electron chi connectivity index (χ0n) is 16.3. The first-order valence-electron chi connectivity index (χ1n) is 9.53. The van der Waals surface area contributed by atoms with Crippen LogP contribution < -0.4 is 9.62 Å². The Morgan fingerprint density at radius 3 is 2.10 bits per heavy atom. The molecule has 3 rings (SSSR count). The number of benzene rings is 3. The molecule has 5 nitrogen and oxygen atoms in total. The highest BCUT2D eigenvalue weighted by molar-refractivity contribution is 7.92. The predicted molar refractivity (Wildman–Crippen MR) is 115 cm³/mol. The molecule has 0 spiro atoms. The molecular formula is C23H24N2O3S. The fourth-order valence-electron chi connectivity index (χ4n) is 2.99. The number of hydrogen-bond acceptors (Lipinski definition) is 3. The van der Waals surface area contributed by atoms with Crippen LogP contribution in [0.3, 0.4) is 0 Å². The molecule has 0 aromatic heterocycles. The Balaban J connectivity index is 2.11. The van der Waals surface area contributed by atoms with Crippen LogP contribution in [0.4, 0.5) is 5.69 Å². The Kier molecular flexibility index (Phi) is 6.67. The van der Waals surface area contributed by atoms with E-state index < -0.39 is 10.0 Å². The van der Waals surface area contributed by atoms with E-state index >= 15 is 0 Å². The minimum absolute atomic E-state index is 0.121. The predicted octanol–water partition coefficient (Wildman–Crippen LogP) is 4.22. The van der Waals surface area contributed by atoms with Crippen molar-refractivity contribution in [3.63, 3.8) is 0 Å². The molecule has 29 heavy (non-hydrogen) atoms. The van der Waals surface area contributed by atoms with Crippen molar-refractivity contribution >= 4 is 21.6 Å². The molecule has 0 saturated carbocycles. The number of rotatable bonds is 8. The summed E-state index contributed by atoms with van der Waals surface area (Å²) >= 11 is 0. The van der Waals surface area contributed by atoms with Gasteiger partial charge in [-0.15, -0.1) is 0 Å². The van der Waals surface area contributed by atoms with Gasteiger partial charge in [0, 0.05) is 6.54 Å². The van der Waals surface area contributed by atoms with Gasteiger partial charge >= 0.3 is 0 Å². The Bertz CT molecular complexity index is 1050. The summed E-state index contributed by atoms with van der Waals surface area (Å²) in [6.07, 6.45) is 0.796. The normalized spacial score (nSPS) is 11.1. The summed E-state index contributed by atoms with van der Waals surface area (Å²) in [5.74, 6) is -0.288. The molecule has 0 aliphatic carbocycles. The molecule has 0 unspecified atom stereocenters. The molecule has 0 fully saturated rings. The van der Waals surface area contributed by atoms with Crippen LogP contribution in [0, 0.1) is 0 Å². The molecule has 0 aliphatic heterocycles. The average molecular weight is 409 g/mol. The molecular weight excluding hydrogens is 384 g/mol. The maximum atomic E-state index is 13.5. The maximum absolute atomic E-state index is 13.5. The molecule has 3 aromatic rings. The van der Waals surface area contributed by atoms with Crippen LogP contribution in [0.1, 0.15) is 29.3 Å². The van der Waals surface area contributed by atoms with E-state index in [-0.39, 0.29) is 17.3 Å². The first kappa shape index (κ1) is 20.6. The zero-order chi connectivity index (χ0) is 20.7. The van der Waals surface area contributed by atoms with E-state index in [1.807, 2.05) is 37.3 Å². The number of amides is 1. The molecule has 0 radical (unpaired) electrons. The number of hydrogen-bond donors (Lipinski definition) is 1. The Morgan fingerprint density at radius 1 is 0.862 bits per heavy atom. The van der Waals surface area contributed by atoms with Crippen molar-refractivity contribution in [2.75, 3.05) is 10.8 Å². The van der Waals surface area contributed by atoms with Crippen LogP contribution in [-0.4, -0.2) is 20.9 Å². The number of carbonyl (C=O) groups is 1. The van der Waals surface area contributed by atoms with Crippen molar-refractivity contribution < 1.29 is 13.2 Å². The number of para-hydroxylation sites is 1. The highest BCUT2D eigenvalue weighted by Gasteiger charge is 2.28. The third kappa shape index (κ3) is 4.84. The van der Waals surface area contributed by atoms with E-state index in [2.05, 4.69) is 5.32 Å². The van der Waals surface area contributed by atoms with Gasteiger partial charge in [0.15, 0.2) is 0 Å². The van der Waals surface area contributed by atoms with Crippen molar-refractivity contribution in [3.8, 4) is 0 Å². The number of nitrogens with zero attached hydrogens (tertiary/aromatic N) is 1. The molecule has 0 bridgehead atoms. The fraction of sp³-hybridized carbons (Fsp3) is 0.174.